The van der Waals surface area contributed by atoms with Crippen molar-refractivity contribution in [1.82, 2.24) is 10.6 Å². The van der Waals surface area contributed by atoms with Crippen LogP contribution in [0.25, 0.3) is 0 Å². The molecule has 0 radical (unpaired) electrons. The van der Waals surface area contributed by atoms with Gasteiger partial charge < -0.3 is 15.7 Å². The minimum Gasteiger partial charge on any atom is -0.508 e. The maximum absolute atomic E-state index is 12.1. The summed E-state index contributed by atoms with van der Waals surface area (Å²) in [5.41, 5.74) is 1.16. The van der Waals surface area contributed by atoms with E-state index in [-0.39, 0.29) is 11.7 Å². The number of piperidine rings is 1. The number of nitrogens with one attached hydrogen (secondary N) is 2. The molecule has 1 saturated heterocycles. The highest BCUT2D eigenvalue weighted by Crippen LogP contribution is 2.38. The van der Waals surface area contributed by atoms with Crippen molar-refractivity contribution in [3.8, 4) is 5.75 Å². The first-order valence-electron chi connectivity index (χ1n) is 7.48. The number of carbonyl (C=O) groups excluding carboxylic acids is 1. The van der Waals surface area contributed by atoms with Crippen LogP contribution in [0.5, 0.6) is 5.75 Å². The summed E-state index contributed by atoms with van der Waals surface area (Å²) in [5, 5.41) is 16.2. The summed E-state index contributed by atoms with van der Waals surface area (Å²) in [6, 6.07) is 7.20. The molecule has 1 aromatic carbocycles. The molecule has 1 aliphatic heterocycles. The van der Waals surface area contributed by atoms with Gasteiger partial charge in [-0.2, -0.15) is 0 Å². The number of hydrogen-bond acceptors (Lipinski definition) is 3. The summed E-state index contributed by atoms with van der Waals surface area (Å²) < 4.78 is 0. The quantitative estimate of drug-likeness (QED) is 0.786. The molecule has 0 aromatic heterocycles. The second-order valence-electron chi connectivity index (χ2n) is 6.16. The van der Waals surface area contributed by atoms with Crippen LogP contribution >= 0.6 is 0 Å². The largest absolute Gasteiger partial charge is 0.508 e. The third kappa shape index (κ3) is 2.96. The Morgan fingerprint density at radius 2 is 2.30 bits per heavy atom. The molecular formula is C16H22N2O2. The summed E-state index contributed by atoms with van der Waals surface area (Å²) in [6.07, 6.45) is 6.19. The molecule has 1 spiro atoms. The number of phenols is 1. The maximum Gasteiger partial charge on any atom is 0.224 e. The van der Waals surface area contributed by atoms with E-state index in [1.54, 1.807) is 18.2 Å². The van der Waals surface area contributed by atoms with E-state index in [9.17, 15) is 9.90 Å². The van der Waals surface area contributed by atoms with Gasteiger partial charge in [0, 0.05) is 11.6 Å². The Bertz CT molecular complexity index is 497. The lowest BCUT2D eigenvalue weighted by molar-refractivity contribution is -0.121. The van der Waals surface area contributed by atoms with Crippen LogP contribution in [0.3, 0.4) is 0 Å². The van der Waals surface area contributed by atoms with Crippen molar-refractivity contribution in [2.75, 3.05) is 6.54 Å². The van der Waals surface area contributed by atoms with Gasteiger partial charge in [0.15, 0.2) is 0 Å². The predicted octanol–water partition coefficient (Wildman–Crippen LogP) is 1.73. The molecule has 2 fully saturated rings. The van der Waals surface area contributed by atoms with Gasteiger partial charge in [0.1, 0.15) is 5.75 Å². The Morgan fingerprint density at radius 1 is 1.45 bits per heavy atom. The third-order valence-electron chi connectivity index (χ3n) is 4.58. The number of carbonyl (C=O) groups is 1. The fourth-order valence-corrected chi connectivity index (χ4v) is 3.40. The molecule has 0 bridgehead atoms. The van der Waals surface area contributed by atoms with Gasteiger partial charge in [-0.3, -0.25) is 4.79 Å². The molecule has 108 valence electrons. The fraction of sp³-hybridized carbons (Fsp3) is 0.562. The van der Waals surface area contributed by atoms with Gasteiger partial charge in [0.2, 0.25) is 5.91 Å². The van der Waals surface area contributed by atoms with E-state index in [1.807, 2.05) is 6.07 Å². The van der Waals surface area contributed by atoms with E-state index >= 15 is 0 Å². The van der Waals surface area contributed by atoms with Crippen molar-refractivity contribution in [3.63, 3.8) is 0 Å². The average molecular weight is 274 g/mol. The van der Waals surface area contributed by atoms with Gasteiger partial charge in [-0.25, -0.2) is 0 Å². The molecule has 1 saturated carbocycles. The van der Waals surface area contributed by atoms with E-state index in [2.05, 4.69) is 10.6 Å². The van der Waals surface area contributed by atoms with Gasteiger partial charge >= 0.3 is 0 Å². The number of aromatic hydroxyl groups is 1. The topological polar surface area (TPSA) is 61.4 Å². The van der Waals surface area contributed by atoms with Crippen LogP contribution in [0.1, 0.15) is 37.7 Å². The molecule has 1 aromatic rings. The number of hydrogen-bond donors (Lipinski definition) is 3. The molecule has 1 unspecified atom stereocenters. The van der Waals surface area contributed by atoms with E-state index in [1.165, 1.54) is 19.3 Å². The van der Waals surface area contributed by atoms with E-state index in [0.29, 0.717) is 18.0 Å². The maximum atomic E-state index is 12.1. The van der Waals surface area contributed by atoms with Crippen LogP contribution in [0.2, 0.25) is 0 Å². The monoisotopic (exact) mass is 274 g/mol. The van der Waals surface area contributed by atoms with Crippen molar-refractivity contribution >= 4 is 5.91 Å². The molecule has 1 heterocycles. The lowest BCUT2D eigenvalue weighted by atomic mass is 9.70. The van der Waals surface area contributed by atoms with Crippen LogP contribution in [0.15, 0.2) is 24.3 Å². The zero-order chi connectivity index (χ0) is 14.0. The number of phenolic OH excluding ortho intramolecular Hbond substituents is 1. The second-order valence-corrected chi connectivity index (χ2v) is 6.16. The average Bonchev–Trinajstić information content (AvgIpc) is 2.37. The zero-order valence-corrected chi connectivity index (χ0v) is 11.7. The molecular weight excluding hydrogens is 252 g/mol. The SMILES string of the molecule is O=C(Cc1cccc(O)c1)NC1CCNC2(CCC2)C1. The molecule has 3 N–H and O–H groups in total. The molecule has 4 nitrogen and oxygen atoms in total. The van der Waals surface area contributed by atoms with Gasteiger partial charge in [-0.05, 0) is 56.3 Å². The van der Waals surface area contributed by atoms with E-state index in [0.717, 1.165) is 24.9 Å². The van der Waals surface area contributed by atoms with Crippen LogP contribution in [0.4, 0.5) is 0 Å². The third-order valence-corrected chi connectivity index (χ3v) is 4.58. The summed E-state index contributed by atoms with van der Waals surface area (Å²) in [5.74, 6) is 0.266. The molecule has 4 heteroatoms. The first-order valence-corrected chi connectivity index (χ1v) is 7.48. The summed E-state index contributed by atoms with van der Waals surface area (Å²) >= 11 is 0. The Labute approximate surface area is 119 Å². The van der Waals surface area contributed by atoms with Crippen LogP contribution in [0, 0.1) is 0 Å². The molecule has 1 atom stereocenters. The van der Waals surface area contributed by atoms with E-state index in [4.69, 9.17) is 0 Å². The minimum atomic E-state index is 0.0528. The smallest absolute Gasteiger partial charge is 0.224 e. The first kappa shape index (κ1) is 13.4. The highest BCUT2D eigenvalue weighted by atomic mass is 16.3. The van der Waals surface area contributed by atoms with Crippen LogP contribution in [-0.4, -0.2) is 29.1 Å². The highest BCUT2D eigenvalue weighted by Gasteiger charge is 2.41. The Balaban J connectivity index is 1.53. The second kappa shape index (κ2) is 5.44. The fourth-order valence-electron chi connectivity index (χ4n) is 3.40. The number of amides is 1. The summed E-state index contributed by atoms with van der Waals surface area (Å²) in [6.45, 7) is 0.997. The van der Waals surface area contributed by atoms with Crippen molar-refractivity contribution in [3.05, 3.63) is 29.8 Å². The van der Waals surface area contributed by atoms with Gasteiger partial charge in [-0.15, -0.1) is 0 Å². The van der Waals surface area contributed by atoms with Gasteiger partial charge in [0.25, 0.3) is 0 Å². The molecule has 1 aliphatic carbocycles. The van der Waals surface area contributed by atoms with Crippen LogP contribution < -0.4 is 10.6 Å². The first-order chi connectivity index (χ1) is 9.65. The van der Waals surface area contributed by atoms with Crippen molar-refractivity contribution in [2.45, 2.75) is 50.1 Å². The lowest BCUT2D eigenvalue weighted by Crippen LogP contribution is -2.59. The lowest BCUT2D eigenvalue weighted by Gasteiger charge is -2.48. The minimum absolute atomic E-state index is 0.0528. The zero-order valence-electron chi connectivity index (χ0n) is 11.7. The molecule has 1 amide bonds. The Kier molecular flexibility index (Phi) is 3.66. The molecule has 20 heavy (non-hydrogen) atoms. The Hall–Kier alpha value is -1.55. The molecule has 3 rings (SSSR count). The number of benzene rings is 1. The van der Waals surface area contributed by atoms with Crippen molar-refractivity contribution < 1.29 is 9.90 Å². The summed E-state index contributed by atoms with van der Waals surface area (Å²) in [7, 11) is 0. The number of rotatable bonds is 3. The van der Waals surface area contributed by atoms with Crippen molar-refractivity contribution in [1.29, 1.82) is 0 Å². The van der Waals surface area contributed by atoms with Crippen molar-refractivity contribution in [2.24, 2.45) is 0 Å². The van der Waals surface area contributed by atoms with E-state index < -0.39 is 0 Å². The normalized spacial score (nSPS) is 24.1. The highest BCUT2D eigenvalue weighted by molar-refractivity contribution is 5.79. The Morgan fingerprint density at radius 3 is 3.00 bits per heavy atom. The molecule has 2 aliphatic rings. The summed E-state index contributed by atoms with van der Waals surface area (Å²) in [4.78, 5) is 12.1. The predicted molar refractivity (Wildman–Crippen MR) is 77.6 cm³/mol. The standard InChI is InChI=1S/C16H22N2O2/c19-14-4-1-3-12(9-14)10-15(20)18-13-5-8-17-16(11-13)6-2-7-16/h1,3-4,9,13,17,19H,2,5-8,10-11H2,(H,18,20). The van der Waals surface area contributed by atoms with Gasteiger partial charge in [-0.1, -0.05) is 12.1 Å². The van der Waals surface area contributed by atoms with Crippen LogP contribution in [-0.2, 0) is 11.2 Å². The van der Waals surface area contributed by atoms with Gasteiger partial charge in [0.05, 0.1) is 6.42 Å².